The van der Waals surface area contributed by atoms with Crippen LogP contribution in [-0.4, -0.2) is 64.6 Å². The first-order chi connectivity index (χ1) is 16.0. The maximum absolute atomic E-state index is 13.8. The summed E-state index contributed by atoms with van der Waals surface area (Å²) in [7, 11) is 0. The minimum absolute atomic E-state index is 0. The van der Waals surface area contributed by atoms with E-state index in [4.69, 9.17) is 11.6 Å². The minimum atomic E-state index is -0.511. The molecule has 2 saturated heterocycles. The summed E-state index contributed by atoms with van der Waals surface area (Å²) in [5, 5.41) is 14.6. The van der Waals surface area contributed by atoms with Crippen molar-refractivity contribution in [2.45, 2.75) is 56.6 Å². The second-order valence-corrected chi connectivity index (χ2v) is 9.98. The maximum atomic E-state index is 13.8. The summed E-state index contributed by atoms with van der Waals surface area (Å²) in [4.78, 5) is 26.9. The number of halogens is 3. The first-order valence-corrected chi connectivity index (χ1v) is 12.5. The third-order valence-electron chi connectivity index (χ3n) is 7.42. The molecular formula is C25H34Cl3N5O2. The number of anilines is 1. The zero-order valence-electron chi connectivity index (χ0n) is 19.9. The van der Waals surface area contributed by atoms with E-state index in [-0.39, 0.29) is 48.6 Å². The number of aliphatic hydroxyl groups excluding tert-OH is 1. The number of amides is 1. The normalized spacial score (nSPS) is 24.7. The molecule has 0 radical (unpaired) electrons. The largest absolute Gasteiger partial charge is 0.387 e. The molecule has 1 amide bonds. The van der Waals surface area contributed by atoms with Gasteiger partial charge in [0.25, 0.3) is 0 Å². The summed E-state index contributed by atoms with van der Waals surface area (Å²) in [5.74, 6) is 1.14. The van der Waals surface area contributed by atoms with Gasteiger partial charge in [0.05, 0.1) is 17.7 Å². The summed E-state index contributed by atoms with van der Waals surface area (Å²) >= 11 is 6.12. The van der Waals surface area contributed by atoms with E-state index in [2.05, 4.69) is 27.1 Å². The number of nitrogens with zero attached hydrogens (tertiary/aromatic N) is 4. The van der Waals surface area contributed by atoms with Gasteiger partial charge in [-0.3, -0.25) is 4.79 Å². The third-order valence-corrected chi connectivity index (χ3v) is 7.67. The van der Waals surface area contributed by atoms with Gasteiger partial charge in [0, 0.05) is 42.8 Å². The van der Waals surface area contributed by atoms with Gasteiger partial charge in [-0.2, -0.15) is 0 Å². The molecule has 0 unspecified atom stereocenters. The van der Waals surface area contributed by atoms with E-state index >= 15 is 0 Å². The smallest absolute Gasteiger partial charge is 0.231 e. The van der Waals surface area contributed by atoms with Gasteiger partial charge in [0.2, 0.25) is 5.91 Å². The summed E-state index contributed by atoms with van der Waals surface area (Å²) in [6, 6.07) is 7.90. The Kier molecular flexibility index (Phi) is 9.63. The highest BCUT2D eigenvalue weighted by molar-refractivity contribution is 6.30. The molecule has 3 aliphatic rings. The molecule has 0 saturated carbocycles. The van der Waals surface area contributed by atoms with Crippen LogP contribution >= 0.6 is 36.4 Å². The van der Waals surface area contributed by atoms with Gasteiger partial charge in [0.1, 0.15) is 12.1 Å². The molecule has 0 spiro atoms. The number of piperazine rings is 1. The molecule has 2 aromatic rings. The zero-order chi connectivity index (χ0) is 22.9. The number of rotatable bonds is 4. The fraction of sp³-hybridized carbons (Fsp3) is 0.560. The molecule has 3 heterocycles. The molecule has 5 rings (SSSR count). The van der Waals surface area contributed by atoms with Gasteiger partial charge >= 0.3 is 0 Å². The molecule has 0 bridgehead atoms. The molecule has 35 heavy (non-hydrogen) atoms. The Morgan fingerprint density at radius 3 is 2.49 bits per heavy atom. The van der Waals surface area contributed by atoms with Crippen LogP contribution in [0.15, 0.2) is 30.6 Å². The summed E-state index contributed by atoms with van der Waals surface area (Å²) in [6.07, 6.45) is 5.04. The van der Waals surface area contributed by atoms with Gasteiger partial charge < -0.3 is 20.2 Å². The molecule has 1 aromatic heterocycles. The van der Waals surface area contributed by atoms with Crippen molar-refractivity contribution in [2.24, 2.45) is 0 Å². The van der Waals surface area contributed by atoms with Crippen LogP contribution < -0.4 is 10.2 Å². The first kappa shape index (κ1) is 27.9. The monoisotopic (exact) mass is 541 g/mol. The highest BCUT2D eigenvalue weighted by Gasteiger charge is 2.37. The van der Waals surface area contributed by atoms with E-state index in [1.54, 1.807) is 6.33 Å². The molecule has 4 atom stereocenters. The standard InChI is InChI=1S/C25H32ClN5O2.2ClH/c1-16-14-20(32)23-21(16)24(29-15-28-23)30-10-12-31(13-11-30)25(33)22(19-4-2-3-9-27-19)17-5-7-18(26)8-6-17;;/h5-8,15-16,19-20,22,27,32H,2-4,9-14H2,1H3;2*1H/t16-,19+,20-,22+;;/m1../s1. The number of hydrogen-bond acceptors (Lipinski definition) is 6. The van der Waals surface area contributed by atoms with Gasteiger partial charge in [-0.15, -0.1) is 24.8 Å². The van der Waals surface area contributed by atoms with Crippen molar-refractivity contribution < 1.29 is 9.90 Å². The van der Waals surface area contributed by atoms with Crippen LogP contribution in [0.25, 0.3) is 0 Å². The summed E-state index contributed by atoms with van der Waals surface area (Å²) in [5.41, 5.74) is 2.86. The van der Waals surface area contributed by atoms with Crippen molar-refractivity contribution in [3.05, 3.63) is 52.4 Å². The lowest BCUT2D eigenvalue weighted by Crippen LogP contribution is -2.53. The van der Waals surface area contributed by atoms with Crippen molar-refractivity contribution in [3.63, 3.8) is 0 Å². The van der Waals surface area contributed by atoms with Crippen LogP contribution in [0.1, 0.15) is 67.4 Å². The Bertz CT molecular complexity index is 995. The second-order valence-electron chi connectivity index (χ2n) is 9.55. The number of aliphatic hydroxyl groups is 1. The van der Waals surface area contributed by atoms with Crippen molar-refractivity contribution in [3.8, 4) is 0 Å². The number of hydrogen-bond donors (Lipinski definition) is 2. The minimum Gasteiger partial charge on any atom is -0.387 e. The maximum Gasteiger partial charge on any atom is 0.231 e. The molecule has 2 N–H and O–H groups in total. The van der Waals surface area contributed by atoms with E-state index < -0.39 is 6.10 Å². The Hall–Kier alpha value is -1.64. The highest BCUT2D eigenvalue weighted by atomic mass is 35.5. The highest BCUT2D eigenvalue weighted by Crippen LogP contribution is 2.42. The lowest BCUT2D eigenvalue weighted by molar-refractivity contribution is -0.134. The van der Waals surface area contributed by atoms with E-state index in [0.717, 1.165) is 61.5 Å². The average molecular weight is 543 g/mol. The van der Waals surface area contributed by atoms with Crippen molar-refractivity contribution in [1.29, 1.82) is 0 Å². The topological polar surface area (TPSA) is 81.6 Å². The van der Waals surface area contributed by atoms with Crippen molar-refractivity contribution in [1.82, 2.24) is 20.2 Å². The molecule has 192 valence electrons. The third kappa shape index (κ3) is 5.70. The van der Waals surface area contributed by atoms with Gasteiger partial charge in [-0.25, -0.2) is 9.97 Å². The van der Waals surface area contributed by atoms with Crippen LogP contribution in [0.2, 0.25) is 5.02 Å². The van der Waals surface area contributed by atoms with Gasteiger partial charge in [-0.05, 0) is 49.4 Å². The molecule has 10 heteroatoms. The van der Waals surface area contributed by atoms with E-state index in [1.165, 1.54) is 0 Å². The Labute approximate surface area is 224 Å². The molecule has 7 nitrogen and oxygen atoms in total. The number of carbonyl (C=O) groups is 1. The zero-order valence-corrected chi connectivity index (χ0v) is 22.3. The second kappa shape index (κ2) is 12.1. The SMILES string of the molecule is C[C@@H]1C[C@@H](O)c2ncnc(N3CCN(C(=O)[C@@H](c4ccc(Cl)cc4)[C@@H]4CCCCN4)CC3)c21.Cl.Cl. The predicted octanol–water partition coefficient (Wildman–Crippen LogP) is 4.09. The fourth-order valence-electron chi connectivity index (χ4n) is 5.67. The number of fused-ring (bicyclic) bond motifs is 1. The van der Waals surface area contributed by atoms with Crippen LogP contribution in [0, 0.1) is 0 Å². The fourth-order valence-corrected chi connectivity index (χ4v) is 5.80. The summed E-state index contributed by atoms with van der Waals surface area (Å²) < 4.78 is 0. The molecule has 2 fully saturated rings. The van der Waals surface area contributed by atoms with Gasteiger partial charge in [0.15, 0.2) is 0 Å². The van der Waals surface area contributed by atoms with E-state index in [9.17, 15) is 9.90 Å². The van der Waals surface area contributed by atoms with Crippen molar-refractivity contribution in [2.75, 3.05) is 37.6 Å². The lowest BCUT2D eigenvalue weighted by Gasteiger charge is -2.40. The molecular weight excluding hydrogens is 509 g/mol. The van der Waals surface area contributed by atoms with Crippen LogP contribution in [0.3, 0.4) is 0 Å². The number of aromatic nitrogens is 2. The van der Waals surface area contributed by atoms with Crippen LogP contribution in [-0.2, 0) is 4.79 Å². The quantitative estimate of drug-likeness (QED) is 0.606. The first-order valence-electron chi connectivity index (χ1n) is 12.1. The van der Waals surface area contributed by atoms with Crippen LogP contribution in [0.5, 0.6) is 0 Å². The van der Waals surface area contributed by atoms with Crippen LogP contribution in [0.4, 0.5) is 5.82 Å². The lowest BCUT2D eigenvalue weighted by atomic mass is 9.85. The molecule has 1 aromatic carbocycles. The Balaban J connectivity index is 0.00000171. The predicted molar refractivity (Wildman–Crippen MR) is 143 cm³/mol. The average Bonchev–Trinajstić information content (AvgIpc) is 3.15. The Morgan fingerprint density at radius 2 is 1.83 bits per heavy atom. The molecule has 2 aliphatic heterocycles. The number of benzene rings is 1. The number of nitrogens with one attached hydrogen (secondary N) is 1. The summed E-state index contributed by atoms with van der Waals surface area (Å²) in [6.45, 7) is 5.85. The van der Waals surface area contributed by atoms with Crippen molar-refractivity contribution >= 4 is 48.1 Å². The molecule has 1 aliphatic carbocycles. The van der Waals surface area contributed by atoms with Gasteiger partial charge in [-0.1, -0.05) is 37.1 Å². The number of piperidine rings is 1. The van der Waals surface area contributed by atoms with E-state index in [0.29, 0.717) is 24.5 Å². The Morgan fingerprint density at radius 1 is 1.11 bits per heavy atom. The number of carbonyl (C=O) groups excluding carboxylic acids is 1. The van der Waals surface area contributed by atoms with E-state index in [1.807, 2.05) is 29.2 Å².